The predicted molar refractivity (Wildman–Crippen MR) is 65.6 cm³/mol. The third kappa shape index (κ3) is 1.64. The number of methoxy groups -OCH3 is 1. The average molecular weight is 297 g/mol. The molecule has 2 aliphatic heterocycles. The van der Waals surface area contributed by atoms with Crippen LogP contribution in [-0.2, 0) is 11.2 Å². The van der Waals surface area contributed by atoms with Gasteiger partial charge in [-0.1, -0.05) is 0 Å². The van der Waals surface area contributed by atoms with Crippen LogP contribution in [0.1, 0.15) is 30.1 Å². The van der Waals surface area contributed by atoms with Gasteiger partial charge in [-0.25, -0.2) is 4.79 Å². The molecule has 5 heteroatoms. The molecule has 2 bridgehead atoms. The number of ether oxygens (including phenoxy) is 1. The molecule has 1 saturated heterocycles. The predicted octanol–water partition coefficient (Wildman–Crippen LogP) is 2.67. The Labute approximate surface area is 108 Å². The van der Waals surface area contributed by atoms with Gasteiger partial charge in [-0.3, -0.25) is 9.88 Å². The molecule has 1 fully saturated rings. The summed E-state index contributed by atoms with van der Waals surface area (Å²) in [5, 5.41) is 0. The van der Waals surface area contributed by atoms with Gasteiger partial charge in [0.05, 0.1) is 13.2 Å². The van der Waals surface area contributed by atoms with Crippen LogP contribution in [0, 0.1) is 0 Å². The minimum Gasteiger partial charge on any atom is -0.453 e. The Morgan fingerprint density at radius 2 is 2.41 bits per heavy atom. The molecule has 90 valence electrons. The van der Waals surface area contributed by atoms with E-state index in [1.165, 1.54) is 12.7 Å². The van der Waals surface area contributed by atoms with Crippen molar-refractivity contribution in [2.75, 3.05) is 7.11 Å². The van der Waals surface area contributed by atoms with Crippen molar-refractivity contribution in [3.63, 3.8) is 0 Å². The van der Waals surface area contributed by atoms with Crippen molar-refractivity contribution in [1.82, 2.24) is 9.88 Å². The summed E-state index contributed by atoms with van der Waals surface area (Å²) in [7, 11) is 1.44. The van der Waals surface area contributed by atoms with Crippen LogP contribution in [0.25, 0.3) is 0 Å². The van der Waals surface area contributed by atoms with Gasteiger partial charge in [0.25, 0.3) is 0 Å². The molecule has 3 rings (SSSR count). The van der Waals surface area contributed by atoms with Crippen LogP contribution in [0.3, 0.4) is 0 Å². The number of nitrogens with zero attached hydrogens (tertiary/aromatic N) is 2. The van der Waals surface area contributed by atoms with Crippen LogP contribution in [0.2, 0.25) is 0 Å². The smallest absolute Gasteiger partial charge is 0.410 e. The zero-order valence-electron chi connectivity index (χ0n) is 9.52. The first-order valence-corrected chi connectivity index (χ1v) is 6.50. The molecule has 3 heterocycles. The summed E-state index contributed by atoms with van der Waals surface area (Å²) in [5.74, 6) is 0. The Hall–Kier alpha value is -1.10. The van der Waals surface area contributed by atoms with Crippen molar-refractivity contribution >= 4 is 22.0 Å². The summed E-state index contributed by atoms with van der Waals surface area (Å²) in [4.78, 5) is 18.1. The minimum atomic E-state index is -0.219. The largest absolute Gasteiger partial charge is 0.453 e. The van der Waals surface area contributed by atoms with E-state index in [0.29, 0.717) is 0 Å². The zero-order valence-corrected chi connectivity index (χ0v) is 11.1. The number of carbonyl (C=O) groups is 1. The highest BCUT2D eigenvalue weighted by Gasteiger charge is 2.43. The Bertz CT molecular complexity index is 478. The van der Waals surface area contributed by atoms with Gasteiger partial charge in [0.2, 0.25) is 0 Å². The molecule has 1 amide bonds. The Balaban J connectivity index is 2.04. The van der Waals surface area contributed by atoms with Gasteiger partial charge >= 0.3 is 6.09 Å². The minimum absolute atomic E-state index is 0.140. The number of hydrogen-bond acceptors (Lipinski definition) is 3. The Morgan fingerprint density at radius 1 is 1.59 bits per heavy atom. The van der Waals surface area contributed by atoms with Crippen molar-refractivity contribution in [3.05, 3.63) is 28.0 Å². The Morgan fingerprint density at radius 3 is 3.18 bits per heavy atom. The molecular weight excluding hydrogens is 284 g/mol. The van der Waals surface area contributed by atoms with Gasteiger partial charge in [0.15, 0.2) is 0 Å². The van der Waals surface area contributed by atoms with Crippen molar-refractivity contribution in [2.45, 2.75) is 31.3 Å². The fourth-order valence-corrected chi connectivity index (χ4v) is 3.28. The topological polar surface area (TPSA) is 42.4 Å². The van der Waals surface area contributed by atoms with Gasteiger partial charge in [-0.05, 0) is 40.4 Å². The van der Waals surface area contributed by atoms with Gasteiger partial charge in [-0.2, -0.15) is 0 Å². The van der Waals surface area contributed by atoms with Gasteiger partial charge in [0, 0.05) is 28.8 Å². The monoisotopic (exact) mass is 296 g/mol. The zero-order chi connectivity index (χ0) is 12.0. The number of aromatic nitrogens is 1. The van der Waals surface area contributed by atoms with E-state index in [-0.39, 0.29) is 18.2 Å². The van der Waals surface area contributed by atoms with Crippen LogP contribution >= 0.6 is 15.9 Å². The van der Waals surface area contributed by atoms with Crippen molar-refractivity contribution < 1.29 is 9.53 Å². The Kier molecular flexibility index (Phi) is 2.58. The highest BCUT2D eigenvalue weighted by atomic mass is 79.9. The van der Waals surface area contributed by atoms with Crippen LogP contribution in [0.4, 0.5) is 4.79 Å². The number of fused-ring (bicyclic) bond motifs is 4. The molecule has 0 spiro atoms. The second-order valence-electron chi connectivity index (χ2n) is 4.52. The van der Waals surface area contributed by atoms with Gasteiger partial charge in [0.1, 0.15) is 0 Å². The molecule has 0 N–H and O–H groups in total. The lowest BCUT2D eigenvalue weighted by atomic mass is 9.98. The normalized spacial score (nSPS) is 25.6. The first-order chi connectivity index (χ1) is 8.20. The molecule has 2 atom stereocenters. The number of halogens is 1. The van der Waals surface area contributed by atoms with E-state index >= 15 is 0 Å². The lowest BCUT2D eigenvalue weighted by Crippen LogP contribution is -2.42. The third-order valence-electron chi connectivity index (χ3n) is 3.65. The van der Waals surface area contributed by atoms with E-state index < -0.39 is 0 Å². The average Bonchev–Trinajstić information content (AvgIpc) is 2.66. The van der Waals surface area contributed by atoms with E-state index in [0.717, 1.165) is 29.4 Å². The molecule has 0 saturated carbocycles. The molecule has 0 radical (unpaired) electrons. The summed E-state index contributed by atoms with van der Waals surface area (Å²) in [5.41, 5.74) is 2.29. The van der Waals surface area contributed by atoms with Gasteiger partial charge in [-0.15, -0.1) is 0 Å². The van der Waals surface area contributed by atoms with E-state index in [2.05, 4.69) is 27.0 Å². The highest BCUT2D eigenvalue weighted by molar-refractivity contribution is 9.10. The van der Waals surface area contributed by atoms with E-state index in [9.17, 15) is 4.79 Å². The third-order valence-corrected chi connectivity index (χ3v) is 4.08. The van der Waals surface area contributed by atoms with Crippen molar-refractivity contribution in [2.24, 2.45) is 0 Å². The quantitative estimate of drug-likeness (QED) is 0.739. The number of carbonyl (C=O) groups excluding carboxylic acids is 1. The SMILES string of the molecule is COC(=O)N1C2CCC1c1cc(Br)cnc1C2. The molecule has 1 aromatic heterocycles. The molecule has 2 unspecified atom stereocenters. The molecule has 2 aliphatic rings. The maximum atomic E-state index is 11.8. The van der Waals surface area contributed by atoms with E-state index in [1.54, 1.807) is 0 Å². The molecule has 1 aromatic rings. The van der Waals surface area contributed by atoms with Crippen LogP contribution in [0.5, 0.6) is 0 Å². The standard InChI is InChI=1S/C12H13BrN2O2/c1-17-12(16)15-8-2-3-11(15)9-4-7(13)6-14-10(9)5-8/h4,6,8,11H,2-3,5H2,1H3. The molecule has 17 heavy (non-hydrogen) atoms. The highest BCUT2D eigenvalue weighted by Crippen LogP contribution is 2.43. The molecule has 4 nitrogen and oxygen atoms in total. The van der Waals surface area contributed by atoms with Crippen molar-refractivity contribution in [1.29, 1.82) is 0 Å². The summed E-state index contributed by atoms with van der Waals surface area (Å²) >= 11 is 3.44. The summed E-state index contributed by atoms with van der Waals surface area (Å²) in [6, 6.07) is 2.47. The summed E-state index contributed by atoms with van der Waals surface area (Å²) in [6.45, 7) is 0. The summed E-state index contributed by atoms with van der Waals surface area (Å²) < 4.78 is 5.83. The second-order valence-corrected chi connectivity index (χ2v) is 5.43. The van der Waals surface area contributed by atoms with Crippen LogP contribution in [0.15, 0.2) is 16.7 Å². The lowest BCUT2D eigenvalue weighted by molar-refractivity contribution is 0.0973. The maximum Gasteiger partial charge on any atom is 0.410 e. The number of rotatable bonds is 0. The number of hydrogen-bond donors (Lipinski definition) is 0. The number of pyridine rings is 1. The maximum absolute atomic E-state index is 11.8. The summed E-state index contributed by atoms with van der Waals surface area (Å²) in [6.07, 6.45) is 4.49. The lowest BCUT2D eigenvalue weighted by Gasteiger charge is -2.34. The molecule has 0 aromatic carbocycles. The molecule has 0 aliphatic carbocycles. The van der Waals surface area contributed by atoms with Crippen LogP contribution < -0.4 is 0 Å². The van der Waals surface area contributed by atoms with E-state index in [4.69, 9.17) is 4.74 Å². The fourth-order valence-electron chi connectivity index (χ4n) is 2.94. The van der Waals surface area contributed by atoms with Crippen molar-refractivity contribution in [3.8, 4) is 0 Å². The van der Waals surface area contributed by atoms with E-state index in [1.807, 2.05) is 11.1 Å². The van der Waals surface area contributed by atoms with Gasteiger partial charge < -0.3 is 4.74 Å². The first kappa shape index (κ1) is 11.0. The fraction of sp³-hybridized carbons (Fsp3) is 0.500. The van der Waals surface area contributed by atoms with Crippen LogP contribution in [-0.4, -0.2) is 29.1 Å². The second kappa shape index (κ2) is 3.98. The first-order valence-electron chi connectivity index (χ1n) is 5.71. The number of amides is 1. The molecular formula is C12H13BrN2O2.